The SMILES string of the molecule is CCN(CCCNC(=O)c1cc(S(=O)(=O)NC(C)C)ccc1F)c1ccccc1. The molecule has 0 saturated carbocycles. The number of carbonyl (C=O) groups is 1. The predicted molar refractivity (Wildman–Crippen MR) is 113 cm³/mol. The first-order chi connectivity index (χ1) is 13.7. The van der Waals surface area contributed by atoms with Crippen LogP contribution in [0, 0.1) is 5.82 Å². The van der Waals surface area contributed by atoms with E-state index in [9.17, 15) is 17.6 Å². The molecule has 0 unspecified atom stereocenters. The summed E-state index contributed by atoms with van der Waals surface area (Å²) in [4.78, 5) is 14.4. The summed E-state index contributed by atoms with van der Waals surface area (Å²) in [6, 6.07) is 12.8. The van der Waals surface area contributed by atoms with Crippen LogP contribution in [-0.4, -0.2) is 40.0 Å². The van der Waals surface area contributed by atoms with Gasteiger partial charge >= 0.3 is 0 Å². The molecule has 0 heterocycles. The molecule has 2 rings (SSSR count). The van der Waals surface area contributed by atoms with Crippen LogP contribution < -0.4 is 14.9 Å². The van der Waals surface area contributed by atoms with Crippen LogP contribution in [0.3, 0.4) is 0 Å². The average molecular weight is 422 g/mol. The minimum Gasteiger partial charge on any atom is -0.372 e. The zero-order chi connectivity index (χ0) is 21.4. The Kier molecular flexibility index (Phi) is 8.16. The Balaban J connectivity index is 1.97. The van der Waals surface area contributed by atoms with Crippen LogP contribution in [0.4, 0.5) is 10.1 Å². The van der Waals surface area contributed by atoms with Gasteiger partial charge < -0.3 is 10.2 Å². The van der Waals surface area contributed by atoms with Crippen LogP contribution >= 0.6 is 0 Å². The zero-order valence-electron chi connectivity index (χ0n) is 17.0. The van der Waals surface area contributed by atoms with Crippen LogP contribution in [0.2, 0.25) is 0 Å². The number of carbonyl (C=O) groups excluding carboxylic acids is 1. The van der Waals surface area contributed by atoms with Crippen molar-refractivity contribution in [2.75, 3.05) is 24.5 Å². The third kappa shape index (κ3) is 6.54. The lowest BCUT2D eigenvalue weighted by atomic mass is 10.2. The Morgan fingerprint density at radius 2 is 1.83 bits per heavy atom. The van der Waals surface area contributed by atoms with Crippen molar-refractivity contribution in [2.24, 2.45) is 0 Å². The van der Waals surface area contributed by atoms with E-state index in [4.69, 9.17) is 0 Å². The van der Waals surface area contributed by atoms with Gasteiger partial charge in [0.05, 0.1) is 10.5 Å². The van der Waals surface area contributed by atoms with Crippen molar-refractivity contribution in [2.45, 2.75) is 38.1 Å². The van der Waals surface area contributed by atoms with Gasteiger partial charge in [-0.15, -0.1) is 0 Å². The van der Waals surface area contributed by atoms with Crippen LogP contribution in [0.15, 0.2) is 53.4 Å². The van der Waals surface area contributed by atoms with Crippen LogP contribution in [-0.2, 0) is 10.0 Å². The number of sulfonamides is 1. The fourth-order valence-electron chi connectivity index (χ4n) is 2.90. The Hall–Kier alpha value is -2.45. The van der Waals surface area contributed by atoms with Gasteiger partial charge in [-0.2, -0.15) is 0 Å². The van der Waals surface area contributed by atoms with Gasteiger partial charge in [0.15, 0.2) is 0 Å². The van der Waals surface area contributed by atoms with Gasteiger partial charge in [-0.05, 0) is 57.5 Å². The first kappa shape index (κ1) is 22.8. The first-order valence-electron chi connectivity index (χ1n) is 9.64. The number of para-hydroxylation sites is 1. The quantitative estimate of drug-likeness (QED) is 0.578. The lowest BCUT2D eigenvalue weighted by Crippen LogP contribution is -2.32. The summed E-state index contributed by atoms with van der Waals surface area (Å²) in [5.41, 5.74) is 0.815. The summed E-state index contributed by atoms with van der Waals surface area (Å²) in [7, 11) is -3.81. The molecule has 0 aliphatic carbocycles. The van der Waals surface area contributed by atoms with Crippen LogP contribution in [0.25, 0.3) is 0 Å². The molecule has 0 saturated heterocycles. The summed E-state index contributed by atoms with van der Waals surface area (Å²) in [5, 5.41) is 2.67. The number of nitrogens with zero attached hydrogens (tertiary/aromatic N) is 1. The second kappa shape index (κ2) is 10.4. The van der Waals surface area contributed by atoms with Crippen molar-refractivity contribution >= 4 is 21.6 Å². The van der Waals surface area contributed by atoms with Gasteiger partial charge in [0.25, 0.3) is 5.91 Å². The smallest absolute Gasteiger partial charge is 0.254 e. The lowest BCUT2D eigenvalue weighted by molar-refractivity contribution is 0.0949. The van der Waals surface area contributed by atoms with E-state index < -0.39 is 21.7 Å². The largest absolute Gasteiger partial charge is 0.372 e. The maximum Gasteiger partial charge on any atom is 0.254 e. The molecule has 0 bridgehead atoms. The van der Waals surface area contributed by atoms with Gasteiger partial charge in [0, 0.05) is 31.4 Å². The van der Waals surface area contributed by atoms with Gasteiger partial charge in [0.1, 0.15) is 5.82 Å². The highest BCUT2D eigenvalue weighted by atomic mass is 32.2. The summed E-state index contributed by atoms with van der Waals surface area (Å²) in [6.07, 6.45) is 0.670. The number of amides is 1. The summed E-state index contributed by atoms with van der Waals surface area (Å²) < 4.78 is 41.0. The monoisotopic (exact) mass is 421 g/mol. The third-order valence-corrected chi connectivity index (χ3v) is 5.93. The fraction of sp³-hybridized carbons (Fsp3) is 0.381. The first-order valence-corrected chi connectivity index (χ1v) is 11.1. The van der Waals surface area contributed by atoms with E-state index in [0.717, 1.165) is 37.0 Å². The number of halogens is 1. The second-order valence-electron chi connectivity index (χ2n) is 6.94. The van der Waals surface area contributed by atoms with E-state index in [-0.39, 0.29) is 16.5 Å². The lowest BCUT2D eigenvalue weighted by Gasteiger charge is -2.23. The topological polar surface area (TPSA) is 78.5 Å². The minimum atomic E-state index is -3.81. The van der Waals surface area contributed by atoms with Crippen molar-refractivity contribution in [1.82, 2.24) is 10.0 Å². The molecular formula is C21H28FN3O3S. The highest BCUT2D eigenvalue weighted by Crippen LogP contribution is 2.16. The molecule has 1 amide bonds. The van der Waals surface area contributed by atoms with Crippen LogP contribution in [0.1, 0.15) is 37.6 Å². The van der Waals surface area contributed by atoms with Gasteiger partial charge in [-0.3, -0.25) is 4.79 Å². The van der Waals surface area contributed by atoms with E-state index in [1.165, 1.54) is 0 Å². The highest BCUT2D eigenvalue weighted by Gasteiger charge is 2.20. The van der Waals surface area contributed by atoms with E-state index in [1.807, 2.05) is 30.3 Å². The number of rotatable bonds is 10. The molecule has 2 aromatic carbocycles. The normalized spacial score (nSPS) is 11.5. The zero-order valence-corrected chi connectivity index (χ0v) is 17.8. The number of hydrogen-bond acceptors (Lipinski definition) is 4. The van der Waals surface area contributed by atoms with E-state index in [2.05, 4.69) is 21.9 Å². The molecule has 0 fully saturated rings. The summed E-state index contributed by atoms with van der Waals surface area (Å²) >= 11 is 0. The number of hydrogen-bond donors (Lipinski definition) is 2. The van der Waals surface area contributed by atoms with Crippen LogP contribution in [0.5, 0.6) is 0 Å². The molecule has 0 spiro atoms. The van der Waals surface area contributed by atoms with Crippen molar-refractivity contribution in [3.8, 4) is 0 Å². The molecule has 0 atom stereocenters. The Labute approximate surface area is 172 Å². The molecule has 0 aliphatic heterocycles. The van der Waals surface area contributed by atoms with E-state index in [0.29, 0.717) is 13.0 Å². The van der Waals surface area contributed by atoms with Crippen molar-refractivity contribution in [3.63, 3.8) is 0 Å². The molecule has 2 aromatic rings. The van der Waals surface area contributed by atoms with Crippen molar-refractivity contribution < 1.29 is 17.6 Å². The summed E-state index contributed by atoms with van der Waals surface area (Å²) in [5.74, 6) is -1.39. The van der Waals surface area contributed by atoms with E-state index >= 15 is 0 Å². The second-order valence-corrected chi connectivity index (χ2v) is 8.66. The molecule has 6 nitrogen and oxygen atoms in total. The number of benzene rings is 2. The molecular weight excluding hydrogens is 393 g/mol. The minimum absolute atomic E-state index is 0.140. The number of anilines is 1. The predicted octanol–water partition coefficient (Wildman–Crippen LogP) is 3.16. The summed E-state index contributed by atoms with van der Waals surface area (Å²) in [6.45, 7) is 7.33. The molecule has 8 heteroatoms. The molecule has 29 heavy (non-hydrogen) atoms. The van der Waals surface area contributed by atoms with E-state index in [1.54, 1.807) is 13.8 Å². The van der Waals surface area contributed by atoms with Crippen molar-refractivity contribution in [1.29, 1.82) is 0 Å². The maximum absolute atomic E-state index is 14.1. The van der Waals surface area contributed by atoms with Gasteiger partial charge in [-0.25, -0.2) is 17.5 Å². The molecule has 0 aromatic heterocycles. The number of nitrogens with one attached hydrogen (secondary N) is 2. The molecule has 2 N–H and O–H groups in total. The molecule has 158 valence electrons. The van der Waals surface area contributed by atoms with Gasteiger partial charge in [0.2, 0.25) is 10.0 Å². The average Bonchev–Trinajstić information content (AvgIpc) is 2.67. The standard InChI is InChI=1S/C21H28FN3O3S/c1-4-25(17-9-6-5-7-10-17)14-8-13-23-21(26)19-15-18(11-12-20(19)22)29(27,28)24-16(2)3/h5-7,9-12,15-16,24H,4,8,13-14H2,1-3H3,(H,23,26). The van der Waals surface area contributed by atoms with Crippen molar-refractivity contribution in [3.05, 3.63) is 59.9 Å². The fourth-order valence-corrected chi connectivity index (χ4v) is 4.18. The molecule has 0 aliphatic rings. The highest BCUT2D eigenvalue weighted by molar-refractivity contribution is 7.89. The Morgan fingerprint density at radius 1 is 1.14 bits per heavy atom. The maximum atomic E-state index is 14.1. The Morgan fingerprint density at radius 3 is 2.45 bits per heavy atom. The molecule has 0 radical (unpaired) electrons. The third-order valence-electron chi connectivity index (χ3n) is 4.28. The van der Waals surface area contributed by atoms with Gasteiger partial charge in [-0.1, -0.05) is 18.2 Å². The Bertz CT molecular complexity index is 918.